The molecule has 0 aliphatic heterocycles. The summed E-state index contributed by atoms with van der Waals surface area (Å²) in [6.45, 7) is 2.15. The second-order valence-corrected chi connectivity index (χ2v) is 7.54. The SMILES string of the molecule is CCCCCC(O)CC[C@H]1CCC(=O)[C@@H]1CCCCCC(F)C(=O)O. The third kappa shape index (κ3) is 8.80. The summed E-state index contributed by atoms with van der Waals surface area (Å²) in [4.78, 5) is 22.5. The van der Waals surface area contributed by atoms with E-state index in [2.05, 4.69) is 6.92 Å². The lowest BCUT2D eigenvalue weighted by molar-refractivity contribution is -0.143. The highest BCUT2D eigenvalue weighted by Gasteiger charge is 2.33. The molecule has 1 fully saturated rings. The molecular formula is C20H35FO4. The number of carbonyl (C=O) groups is 2. The van der Waals surface area contributed by atoms with Gasteiger partial charge in [0.25, 0.3) is 0 Å². The van der Waals surface area contributed by atoms with Crippen molar-refractivity contribution < 1.29 is 24.2 Å². The van der Waals surface area contributed by atoms with E-state index in [1.54, 1.807) is 0 Å². The predicted octanol–water partition coefficient (Wildman–Crippen LogP) is 4.68. The van der Waals surface area contributed by atoms with Gasteiger partial charge in [-0.1, -0.05) is 39.0 Å². The maximum absolute atomic E-state index is 13.0. The highest BCUT2D eigenvalue weighted by Crippen LogP contribution is 2.36. The zero-order valence-electron chi connectivity index (χ0n) is 15.6. The number of ketones is 1. The van der Waals surface area contributed by atoms with E-state index in [1.807, 2.05) is 0 Å². The van der Waals surface area contributed by atoms with E-state index in [9.17, 15) is 19.1 Å². The number of carboxylic acid groups (broad SMARTS) is 1. The Bertz CT molecular complexity index is 399. The topological polar surface area (TPSA) is 74.6 Å². The van der Waals surface area contributed by atoms with Crippen LogP contribution >= 0.6 is 0 Å². The summed E-state index contributed by atoms with van der Waals surface area (Å²) in [6, 6.07) is 0. The van der Waals surface area contributed by atoms with Crippen LogP contribution in [-0.4, -0.2) is 34.2 Å². The number of alkyl halides is 1. The Kier molecular flexibility index (Phi) is 10.9. The lowest BCUT2D eigenvalue weighted by atomic mass is 9.86. The van der Waals surface area contributed by atoms with E-state index in [1.165, 1.54) is 0 Å². The van der Waals surface area contributed by atoms with Crippen molar-refractivity contribution in [3.63, 3.8) is 0 Å². The normalized spacial score (nSPS) is 22.9. The fraction of sp³-hybridized carbons (Fsp3) is 0.900. The summed E-state index contributed by atoms with van der Waals surface area (Å²) < 4.78 is 13.0. The van der Waals surface area contributed by atoms with Crippen LogP contribution in [0.15, 0.2) is 0 Å². The lowest BCUT2D eigenvalue weighted by Gasteiger charge is -2.20. The van der Waals surface area contributed by atoms with Crippen molar-refractivity contribution in [2.75, 3.05) is 0 Å². The minimum Gasteiger partial charge on any atom is -0.479 e. The van der Waals surface area contributed by atoms with Gasteiger partial charge in [-0.15, -0.1) is 0 Å². The van der Waals surface area contributed by atoms with Gasteiger partial charge in [0.2, 0.25) is 0 Å². The molecule has 1 rings (SSSR count). The standard InChI is InChI=1S/C20H35FO4/c1-2-3-5-8-16(22)13-11-15-12-14-19(23)17(15)9-6-4-7-10-18(21)20(24)25/h15-18,22H,2-14H2,1H3,(H,24,25)/t15-,16?,17+,18?/m0/s1. The molecule has 5 heteroatoms. The number of carboxylic acids is 1. The van der Waals surface area contributed by atoms with Crippen LogP contribution in [0.4, 0.5) is 4.39 Å². The zero-order chi connectivity index (χ0) is 18.7. The first-order valence-corrected chi connectivity index (χ1v) is 10.0. The van der Waals surface area contributed by atoms with E-state index < -0.39 is 12.1 Å². The molecule has 0 heterocycles. The zero-order valence-corrected chi connectivity index (χ0v) is 15.6. The third-order valence-electron chi connectivity index (χ3n) is 5.50. The summed E-state index contributed by atoms with van der Waals surface area (Å²) >= 11 is 0. The first kappa shape index (κ1) is 22.1. The highest BCUT2D eigenvalue weighted by molar-refractivity contribution is 5.83. The summed E-state index contributed by atoms with van der Waals surface area (Å²) in [7, 11) is 0. The third-order valence-corrected chi connectivity index (χ3v) is 5.50. The van der Waals surface area contributed by atoms with Gasteiger partial charge >= 0.3 is 5.97 Å². The van der Waals surface area contributed by atoms with E-state index in [0.29, 0.717) is 24.5 Å². The quantitative estimate of drug-likeness (QED) is 0.442. The van der Waals surface area contributed by atoms with Crippen LogP contribution in [0.2, 0.25) is 0 Å². The van der Waals surface area contributed by atoms with Crippen molar-refractivity contribution in [3.8, 4) is 0 Å². The number of hydrogen-bond acceptors (Lipinski definition) is 3. The largest absolute Gasteiger partial charge is 0.479 e. The molecular weight excluding hydrogens is 323 g/mol. The average molecular weight is 358 g/mol. The molecule has 146 valence electrons. The van der Waals surface area contributed by atoms with Crippen molar-refractivity contribution >= 4 is 11.8 Å². The van der Waals surface area contributed by atoms with Gasteiger partial charge < -0.3 is 10.2 Å². The summed E-state index contributed by atoms with van der Waals surface area (Å²) in [5.74, 6) is -0.590. The van der Waals surface area contributed by atoms with Crippen molar-refractivity contribution in [2.24, 2.45) is 11.8 Å². The number of aliphatic hydroxyl groups excluding tert-OH is 1. The number of carbonyl (C=O) groups excluding carboxylic acids is 1. The summed E-state index contributed by atoms with van der Waals surface area (Å²) in [5, 5.41) is 18.6. The van der Waals surface area contributed by atoms with Gasteiger partial charge in [0.1, 0.15) is 5.78 Å². The number of rotatable bonds is 14. The Labute approximate surface area is 151 Å². The van der Waals surface area contributed by atoms with Crippen LogP contribution in [0.1, 0.15) is 90.4 Å². The second kappa shape index (κ2) is 12.4. The second-order valence-electron chi connectivity index (χ2n) is 7.54. The van der Waals surface area contributed by atoms with E-state index in [0.717, 1.165) is 64.2 Å². The molecule has 0 aromatic carbocycles. The van der Waals surface area contributed by atoms with Crippen molar-refractivity contribution in [1.29, 1.82) is 0 Å². The van der Waals surface area contributed by atoms with Crippen molar-refractivity contribution in [2.45, 2.75) is 103 Å². The Balaban J connectivity index is 2.22. The first-order valence-electron chi connectivity index (χ1n) is 10.0. The molecule has 0 radical (unpaired) electrons. The Morgan fingerprint density at radius 2 is 1.84 bits per heavy atom. The van der Waals surface area contributed by atoms with Gasteiger partial charge in [-0.3, -0.25) is 4.79 Å². The first-order chi connectivity index (χ1) is 12.0. The maximum atomic E-state index is 13.0. The van der Waals surface area contributed by atoms with Crippen LogP contribution in [0.5, 0.6) is 0 Å². The Morgan fingerprint density at radius 3 is 2.52 bits per heavy atom. The number of aliphatic hydroxyl groups is 1. The molecule has 0 aromatic heterocycles. The molecule has 4 nitrogen and oxygen atoms in total. The van der Waals surface area contributed by atoms with Gasteiger partial charge in [-0.05, 0) is 50.9 Å². The lowest BCUT2D eigenvalue weighted by Crippen LogP contribution is -2.17. The van der Waals surface area contributed by atoms with Gasteiger partial charge in [-0.2, -0.15) is 0 Å². The van der Waals surface area contributed by atoms with Crippen molar-refractivity contribution in [1.82, 2.24) is 0 Å². The Morgan fingerprint density at radius 1 is 1.12 bits per heavy atom. The number of hydrogen-bond donors (Lipinski definition) is 2. The van der Waals surface area contributed by atoms with E-state index in [-0.39, 0.29) is 18.4 Å². The van der Waals surface area contributed by atoms with Gasteiger partial charge in [0.15, 0.2) is 6.17 Å². The molecule has 1 aliphatic carbocycles. The molecule has 25 heavy (non-hydrogen) atoms. The fourth-order valence-electron chi connectivity index (χ4n) is 3.89. The molecule has 0 amide bonds. The van der Waals surface area contributed by atoms with E-state index >= 15 is 0 Å². The molecule has 4 atom stereocenters. The van der Waals surface area contributed by atoms with Crippen LogP contribution in [0, 0.1) is 11.8 Å². The van der Waals surface area contributed by atoms with Gasteiger partial charge in [0, 0.05) is 12.3 Å². The number of aliphatic carboxylic acids is 1. The Hall–Kier alpha value is -0.970. The number of halogens is 1. The monoisotopic (exact) mass is 358 g/mol. The number of unbranched alkanes of at least 4 members (excludes halogenated alkanes) is 4. The molecule has 2 unspecified atom stereocenters. The number of Topliss-reactive ketones (excluding diaryl/α,β-unsaturated/α-hetero) is 1. The van der Waals surface area contributed by atoms with Crippen LogP contribution in [0.25, 0.3) is 0 Å². The van der Waals surface area contributed by atoms with Crippen molar-refractivity contribution in [3.05, 3.63) is 0 Å². The van der Waals surface area contributed by atoms with E-state index in [4.69, 9.17) is 5.11 Å². The maximum Gasteiger partial charge on any atom is 0.338 e. The molecule has 0 saturated heterocycles. The smallest absolute Gasteiger partial charge is 0.338 e. The van der Waals surface area contributed by atoms with Crippen LogP contribution in [0.3, 0.4) is 0 Å². The summed E-state index contributed by atoms with van der Waals surface area (Å²) in [6.07, 6.45) is 8.52. The molecule has 0 spiro atoms. The molecule has 2 N–H and O–H groups in total. The minimum absolute atomic E-state index is 0.0569. The van der Waals surface area contributed by atoms with Gasteiger partial charge in [-0.25, -0.2) is 9.18 Å². The predicted molar refractivity (Wildman–Crippen MR) is 96.2 cm³/mol. The molecule has 0 bridgehead atoms. The van der Waals surface area contributed by atoms with Gasteiger partial charge in [0.05, 0.1) is 6.10 Å². The summed E-state index contributed by atoms with van der Waals surface area (Å²) in [5.41, 5.74) is 0. The van der Waals surface area contributed by atoms with Crippen LogP contribution in [-0.2, 0) is 9.59 Å². The molecule has 1 aliphatic rings. The molecule has 1 saturated carbocycles. The highest BCUT2D eigenvalue weighted by atomic mass is 19.1. The minimum atomic E-state index is -1.77. The van der Waals surface area contributed by atoms with Crippen LogP contribution < -0.4 is 0 Å². The molecule has 0 aromatic rings. The average Bonchev–Trinajstić information content (AvgIpc) is 2.92. The fourth-order valence-corrected chi connectivity index (χ4v) is 3.89.